The van der Waals surface area contributed by atoms with E-state index in [-0.39, 0.29) is 31.2 Å². The predicted octanol–water partition coefficient (Wildman–Crippen LogP) is -0.0750. The third-order valence-corrected chi connectivity index (χ3v) is 2.29. The summed E-state index contributed by atoms with van der Waals surface area (Å²) in [6, 6.07) is 0. The Morgan fingerprint density at radius 1 is 1.44 bits per heavy atom. The van der Waals surface area contributed by atoms with E-state index < -0.39 is 5.60 Å². The summed E-state index contributed by atoms with van der Waals surface area (Å²) in [7, 11) is 0. The number of rotatable bonds is 4. The molecule has 1 fully saturated rings. The molecule has 2 atom stereocenters. The van der Waals surface area contributed by atoms with Crippen molar-refractivity contribution < 1.29 is 19.4 Å². The van der Waals surface area contributed by atoms with Crippen molar-refractivity contribution in [2.24, 2.45) is 5.92 Å². The summed E-state index contributed by atoms with van der Waals surface area (Å²) >= 11 is 0. The van der Waals surface area contributed by atoms with Crippen molar-refractivity contribution in [3.8, 4) is 0 Å². The van der Waals surface area contributed by atoms with Gasteiger partial charge < -0.3 is 19.9 Å². The van der Waals surface area contributed by atoms with Gasteiger partial charge in [-0.15, -0.1) is 0 Å². The summed E-state index contributed by atoms with van der Waals surface area (Å²) in [5.74, 6) is -0.508. The van der Waals surface area contributed by atoms with Crippen molar-refractivity contribution >= 4 is 5.97 Å². The fourth-order valence-electron chi connectivity index (χ4n) is 1.65. The first-order valence-corrected chi connectivity index (χ1v) is 5.60. The molecule has 0 radical (unpaired) electrons. The summed E-state index contributed by atoms with van der Waals surface area (Å²) in [6.45, 7) is 6.96. The van der Waals surface area contributed by atoms with E-state index in [0.717, 1.165) is 0 Å². The first-order chi connectivity index (χ1) is 7.44. The Morgan fingerprint density at radius 2 is 2.12 bits per heavy atom. The maximum absolute atomic E-state index is 11.8. The quantitative estimate of drug-likeness (QED) is 0.663. The molecule has 2 N–H and O–H groups in total. The summed E-state index contributed by atoms with van der Waals surface area (Å²) < 4.78 is 10.7. The molecular formula is C11H21NO4. The van der Waals surface area contributed by atoms with Crippen LogP contribution in [0.15, 0.2) is 0 Å². The Bertz CT molecular complexity index is 237. The molecule has 2 unspecified atom stereocenters. The fraction of sp³-hybridized carbons (Fsp3) is 0.909. The first kappa shape index (κ1) is 13.4. The molecule has 0 aliphatic carbocycles. The van der Waals surface area contributed by atoms with Crippen molar-refractivity contribution in [2.45, 2.75) is 32.5 Å². The van der Waals surface area contributed by atoms with Gasteiger partial charge >= 0.3 is 5.97 Å². The van der Waals surface area contributed by atoms with Gasteiger partial charge in [-0.3, -0.25) is 4.79 Å². The molecule has 5 nitrogen and oxygen atoms in total. The molecule has 1 rings (SSSR count). The second-order valence-electron chi connectivity index (χ2n) is 4.93. The average Bonchev–Trinajstić information content (AvgIpc) is 2.59. The maximum atomic E-state index is 11.8. The van der Waals surface area contributed by atoms with Gasteiger partial charge in [0.1, 0.15) is 5.60 Å². The third kappa shape index (κ3) is 4.08. The van der Waals surface area contributed by atoms with Crippen LogP contribution in [0.4, 0.5) is 0 Å². The van der Waals surface area contributed by atoms with E-state index in [4.69, 9.17) is 14.6 Å². The molecule has 1 heterocycles. The lowest BCUT2D eigenvalue weighted by molar-refractivity contribution is -0.163. The molecule has 0 aromatic heterocycles. The predicted molar refractivity (Wildman–Crippen MR) is 59.0 cm³/mol. The van der Waals surface area contributed by atoms with Gasteiger partial charge in [0.05, 0.1) is 25.2 Å². The van der Waals surface area contributed by atoms with Gasteiger partial charge in [0.15, 0.2) is 0 Å². The molecule has 1 saturated heterocycles. The number of aliphatic hydroxyl groups excluding tert-OH is 1. The first-order valence-electron chi connectivity index (χ1n) is 5.60. The van der Waals surface area contributed by atoms with Crippen LogP contribution >= 0.6 is 0 Å². The Kier molecular flexibility index (Phi) is 4.70. The van der Waals surface area contributed by atoms with Crippen molar-refractivity contribution in [1.82, 2.24) is 5.32 Å². The highest BCUT2D eigenvalue weighted by Gasteiger charge is 2.36. The SMILES string of the molecule is CC(C)(C)OC(=O)C1CNCC1OCCO. The van der Waals surface area contributed by atoms with Crippen LogP contribution in [0.25, 0.3) is 0 Å². The summed E-state index contributed by atoms with van der Waals surface area (Å²) in [4.78, 5) is 11.8. The van der Waals surface area contributed by atoms with Gasteiger partial charge in [0.25, 0.3) is 0 Å². The van der Waals surface area contributed by atoms with Crippen LogP contribution in [0.1, 0.15) is 20.8 Å². The Morgan fingerprint density at radius 3 is 2.69 bits per heavy atom. The van der Waals surface area contributed by atoms with E-state index in [0.29, 0.717) is 13.1 Å². The Labute approximate surface area is 96.1 Å². The Hall–Kier alpha value is -0.650. The molecule has 0 amide bonds. The minimum atomic E-state index is -0.471. The van der Waals surface area contributed by atoms with Crippen LogP contribution in [-0.2, 0) is 14.3 Å². The second kappa shape index (κ2) is 5.61. The smallest absolute Gasteiger partial charge is 0.313 e. The number of esters is 1. The largest absolute Gasteiger partial charge is 0.460 e. The molecule has 1 aliphatic heterocycles. The molecule has 94 valence electrons. The maximum Gasteiger partial charge on any atom is 0.313 e. The van der Waals surface area contributed by atoms with E-state index in [1.54, 1.807) is 0 Å². The van der Waals surface area contributed by atoms with Crippen molar-refractivity contribution in [1.29, 1.82) is 0 Å². The zero-order chi connectivity index (χ0) is 12.2. The lowest BCUT2D eigenvalue weighted by Gasteiger charge is -2.24. The molecule has 0 spiro atoms. The van der Waals surface area contributed by atoms with Gasteiger partial charge in [0.2, 0.25) is 0 Å². The highest BCUT2D eigenvalue weighted by Crippen LogP contribution is 2.18. The van der Waals surface area contributed by atoms with Gasteiger partial charge in [0, 0.05) is 13.1 Å². The van der Waals surface area contributed by atoms with Crippen LogP contribution in [0.5, 0.6) is 0 Å². The molecule has 0 saturated carbocycles. The summed E-state index contributed by atoms with van der Waals surface area (Å²) in [5.41, 5.74) is -0.471. The van der Waals surface area contributed by atoms with Gasteiger partial charge in [-0.1, -0.05) is 0 Å². The minimum absolute atomic E-state index is 0.0302. The molecule has 5 heteroatoms. The number of aliphatic hydroxyl groups is 1. The summed E-state index contributed by atoms with van der Waals surface area (Å²) in [5, 5.41) is 11.8. The van der Waals surface area contributed by atoms with Crippen LogP contribution in [0.2, 0.25) is 0 Å². The highest BCUT2D eigenvalue weighted by atomic mass is 16.6. The highest BCUT2D eigenvalue weighted by molar-refractivity contribution is 5.74. The molecule has 0 aromatic carbocycles. The molecule has 0 aromatic rings. The number of hydrogen-bond acceptors (Lipinski definition) is 5. The van der Waals surface area contributed by atoms with Gasteiger partial charge in [-0.2, -0.15) is 0 Å². The number of carbonyl (C=O) groups is 1. The number of nitrogens with one attached hydrogen (secondary N) is 1. The van der Waals surface area contributed by atoms with Crippen LogP contribution in [0.3, 0.4) is 0 Å². The van der Waals surface area contributed by atoms with Gasteiger partial charge in [-0.05, 0) is 20.8 Å². The zero-order valence-electron chi connectivity index (χ0n) is 10.2. The Balaban J connectivity index is 2.47. The van der Waals surface area contributed by atoms with Crippen molar-refractivity contribution in [2.75, 3.05) is 26.3 Å². The molecular weight excluding hydrogens is 210 g/mol. The van der Waals surface area contributed by atoms with E-state index in [1.165, 1.54) is 0 Å². The minimum Gasteiger partial charge on any atom is -0.460 e. The number of carbonyl (C=O) groups excluding carboxylic acids is 1. The van der Waals surface area contributed by atoms with E-state index >= 15 is 0 Å². The molecule has 0 bridgehead atoms. The zero-order valence-corrected chi connectivity index (χ0v) is 10.2. The number of ether oxygens (including phenoxy) is 2. The van der Waals surface area contributed by atoms with E-state index in [9.17, 15) is 4.79 Å². The number of hydrogen-bond donors (Lipinski definition) is 2. The van der Waals surface area contributed by atoms with E-state index in [1.807, 2.05) is 20.8 Å². The normalized spacial score (nSPS) is 25.8. The summed E-state index contributed by atoms with van der Waals surface area (Å²) in [6.07, 6.45) is -0.193. The molecule has 1 aliphatic rings. The van der Waals surface area contributed by atoms with Gasteiger partial charge in [-0.25, -0.2) is 0 Å². The standard InChI is InChI=1S/C11H21NO4/c1-11(2,3)16-10(14)8-6-12-7-9(8)15-5-4-13/h8-9,12-13H,4-7H2,1-3H3. The monoisotopic (exact) mass is 231 g/mol. The topological polar surface area (TPSA) is 67.8 Å². The van der Waals surface area contributed by atoms with Crippen molar-refractivity contribution in [3.63, 3.8) is 0 Å². The van der Waals surface area contributed by atoms with Crippen LogP contribution < -0.4 is 5.32 Å². The van der Waals surface area contributed by atoms with Crippen LogP contribution in [0, 0.1) is 5.92 Å². The van der Waals surface area contributed by atoms with Crippen LogP contribution in [-0.4, -0.2) is 49.1 Å². The second-order valence-corrected chi connectivity index (χ2v) is 4.93. The third-order valence-electron chi connectivity index (χ3n) is 2.29. The lowest BCUT2D eigenvalue weighted by atomic mass is 10.1. The average molecular weight is 231 g/mol. The van der Waals surface area contributed by atoms with E-state index in [2.05, 4.69) is 5.32 Å². The fourth-order valence-corrected chi connectivity index (χ4v) is 1.65. The molecule has 16 heavy (non-hydrogen) atoms. The lowest BCUT2D eigenvalue weighted by Crippen LogP contribution is -2.35. The van der Waals surface area contributed by atoms with Crippen molar-refractivity contribution in [3.05, 3.63) is 0 Å².